The number of aryl methyl sites for hydroxylation is 1. The highest BCUT2D eigenvalue weighted by Crippen LogP contribution is 2.21. The van der Waals surface area contributed by atoms with Gasteiger partial charge in [-0.25, -0.2) is 0 Å². The van der Waals surface area contributed by atoms with Crippen LogP contribution in [0.3, 0.4) is 0 Å². The van der Waals surface area contributed by atoms with Crippen LogP contribution in [0.25, 0.3) is 0 Å². The summed E-state index contributed by atoms with van der Waals surface area (Å²) in [6.45, 7) is 6.87. The van der Waals surface area contributed by atoms with E-state index in [4.69, 9.17) is 4.74 Å². The number of carbonyl (C=O) groups excluding carboxylic acids is 1. The van der Waals surface area contributed by atoms with E-state index in [0.717, 1.165) is 36.4 Å². The van der Waals surface area contributed by atoms with Crippen molar-refractivity contribution >= 4 is 5.78 Å². The summed E-state index contributed by atoms with van der Waals surface area (Å²) in [7, 11) is 0. The van der Waals surface area contributed by atoms with Gasteiger partial charge >= 0.3 is 0 Å². The van der Waals surface area contributed by atoms with E-state index in [1.165, 1.54) is 11.1 Å². The first kappa shape index (κ1) is 15.8. The van der Waals surface area contributed by atoms with Crippen LogP contribution >= 0.6 is 0 Å². The predicted molar refractivity (Wildman–Crippen MR) is 92.1 cm³/mol. The fourth-order valence-electron chi connectivity index (χ4n) is 3.12. The Labute approximate surface area is 137 Å². The minimum Gasteiger partial charge on any atom is -0.494 e. The van der Waals surface area contributed by atoms with E-state index in [0.29, 0.717) is 13.2 Å². The van der Waals surface area contributed by atoms with Crippen molar-refractivity contribution in [3.05, 3.63) is 64.7 Å². The number of benzene rings is 2. The summed E-state index contributed by atoms with van der Waals surface area (Å²) in [5, 5.41) is 0. The Morgan fingerprint density at radius 1 is 1.17 bits per heavy atom. The molecule has 0 bridgehead atoms. The molecule has 1 heterocycles. The van der Waals surface area contributed by atoms with E-state index in [1.807, 2.05) is 32.0 Å². The molecule has 0 saturated carbocycles. The summed E-state index contributed by atoms with van der Waals surface area (Å²) in [5.74, 6) is 1.03. The third kappa shape index (κ3) is 3.62. The molecule has 3 rings (SSSR count). The Hall–Kier alpha value is -2.13. The highest BCUT2D eigenvalue weighted by atomic mass is 16.5. The number of ether oxygens (including phenoxy) is 1. The molecule has 2 aromatic rings. The highest BCUT2D eigenvalue weighted by molar-refractivity contribution is 5.98. The van der Waals surface area contributed by atoms with Crippen molar-refractivity contribution in [2.75, 3.05) is 19.7 Å². The second-order valence-corrected chi connectivity index (χ2v) is 6.07. The number of nitrogens with zero attached hydrogens (tertiary/aromatic N) is 1. The zero-order valence-electron chi connectivity index (χ0n) is 13.8. The molecule has 1 aliphatic heterocycles. The summed E-state index contributed by atoms with van der Waals surface area (Å²) >= 11 is 0. The Balaban J connectivity index is 1.67. The second kappa shape index (κ2) is 6.97. The molecule has 120 valence electrons. The normalized spacial score (nSPS) is 14.3. The molecule has 0 spiro atoms. The van der Waals surface area contributed by atoms with E-state index in [-0.39, 0.29) is 5.78 Å². The van der Waals surface area contributed by atoms with Crippen LogP contribution in [0, 0.1) is 6.92 Å². The predicted octanol–water partition coefficient (Wildman–Crippen LogP) is 3.63. The molecule has 2 aromatic carbocycles. The number of Topliss-reactive ketones (excluding diaryl/α,β-unsaturated/α-hetero) is 1. The molecular weight excluding hydrogens is 286 g/mol. The maximum absolute atomic E-state index is 12.6. The minimum atomic E-state index is 0.176. The molecule has 23 heavy (non-hydrogen) atoms. The number of carbonyl (C=O) groups is 1. The van der Waals surface area contributed by atoms with Crippen LogP contribution in [-0.2, 0) is 13.0 Å². The summed E-state index contributed by atoms with van der Waals surface area (Å²) in [6, 6.07) is 14.2. The maximum Gasteiger partial charge on any atom is 0.176 e. The van der Waals surface area contributed by atoms with E-state index < -0.39 is 0 Å². The molecule has 0 aliphatic carbocycles. The van der Waals surface area contributed by atoms with Gasteiger partial charge in [0.05, 0.1) is 13.2 Å². The zero-order valence-corrected chi connectivity index (χ0v) is 13.8. The fourth-order valence-corrected chi connectivity index (χ4v) is 3.12. The lowest BCUT2D eigenvalue weighted by Crippen LogP contribution is -2.34. The van der Waals surface area contributed by atoms with Gasteiger partial charge in [-0.15, -0.1) is 0 Å². The average molecular weight is 309 g/mol. The van der Waals surface area contributed by atoms with Crippen molar-refractivity contribution in [3.63, 3.8) is 0 Å². The highest BCUT2D eigenvalue weighted by Gasteiger charge is 2.19. The van der Waals surface area contributed by atoms with E-state index in [2.05, 4.69) is 29.2 Å². The summed E-state index contributed by atoms with van der Waals surface area (Å²) < 4.78 is 5.54. The number of rotatable bonds is 5. The standard InChI is InChI=1S/C20H23NO2/c1-3-23-20-9-8-17(12-15(20)2)19(22)14-21-11-10-16-6-4-5-7-18(16)13-21/h4-9,12H,3,10-11,13-14H2,1-2H3. The van der Waals surface area contributed by atoms with Gasteiger partial charge in [-0.05, 0) is 55.2 Å². The summed E-state index contributed by atoms with van der Waals surface area (Å²) in [4.78, 5) is 14.8. The van der Waals surface area contributed by atoms with Crippen LogP contribution in [0.1, 0.15) is 34.0 Å². The maximum atomic E-state index is 12.6. The molecule has 0 aromatic heterocycles. The number of fused-ring (bicyclic) bond motifs is 1. The first-order chi connectivity index (χ1) is 11.2. The molecule has 1 aliphatic rings. The monoisotopic (exact) mass is 309 g/mol. The van der Waals surface area contributed by atoms with Gasteiger partial charge in [0.25, 0.3) is 0 Å². The number of ketones is 1. The largest absolute Gasteiger partial charge is 0.494 e. The Morgan fingerprint density at radius 2 is 1.96 bits per heavy atom. The van der Waals surface area contributed by atoms with Gasteiger partial charge in [0.1, 0.15) is 5.75 Å². The second-order valence-electron chi connectivity index (χ2n) is 6.07. The SMILES string of the molecule is CCOc1ccc(C(=O)CN2CCc3ccccc3C2)cc1C. The van der Waals surface area contributed by atoms with Crippen molar-refractivity contribution < 1.29 is 9.53 Å². The van der Waals surface area contributed by atoms with Crippen LogP contribution in [0.5, 0.6) is 5.75 Å². The van der Waals surface area contributed by atoms with Gasteiger partial charge in [0.15, 0.2) is 5.78 Å². The Morgan fingerprint density at radius 3 is 2.70 bits per heavy atom. The van der Waals surface area contributed by atoms with E-state index >= 15 is 0 Å². The lowest BCUT2D eigenvalue weighted by atomic mass is 9.99. The minimum absolute atomic E-state index is 0.176. The lowest BCUT2D eigenvalue weighted by Gasteiger charge is -2.28. The Kier molecular flexibility index (Phi) is 4.77. The van der Waals surface area contributed by atoms with Gasteiger partial charge in [-0.3, -0.25) is 9.69 Å². The van der Waals surface area contributed by atoms with Crippen LogP contribution in [-0.4, -0.2) is 30.4 Å². The van der Waals surface area contributed by atoms with Crippen LogP contribution < -0.4 is 4.74 Å². The first-order valence-electron chi connectivity index (χ1n) is 8.23. The topological polar surface area (TPSA) is 29.5 Å². The molecule has 3 heteroatoms. The first-order valence-corrected chi connectivity index (χ1v) is 8.23. The molecule has 0 amide bonds. The third-order valence-corrected chi connectivity index (χ3v) is 4.37. The summed E-state index contributed by atoms with van der Waals surface area (Å²) in [6.07, 6.45) is 1.02. The van der Waals surface area contributed by atoms with Crippen molar-refractivity contribution in [2.24, 2.45) is 0 Å². The van der Waals surface area contributed by atoms with Gasteiger partial charge in [-0.2, -0.15) is 0 Å². The quantitative estimate of drug-likeness (QED) is 0.790. The molecule has 3 nitrogen and oxygen atoms in total. The molecule has 0 N–H and O–H groups in total. The molecular formula is C20H23NO2. The number of hydrogen-bond donors (Lipinski definition) is 0. The number of hydrogen-bond acceptors (Lipinski definition) is 3. The van der Waals surface area contributed by atoms with Crippen molar-refractivity contribution in [1.29, 1.82) is 0 Å². The van der Waals surface area contributed by atoms with Crippen LogP contribution in [0.15, 0.2) is 42.5 Å². The van der Waals surface area contributed by atoms with Gasteiger partial charge < -0.3 is 4.74 Å². The average Bonchev–Trinajstić information content (AvgIpc) is 2.56. The van der Waals surface area contributed by atoms with Crippen molar-refractivity contribution in [2.45, 2.75) is 26.8 Å². The van der Waals surface area contributed by atoms with Crippen LogP contribution in [0.2, 0.25) is 0 Å². The van der Waals surface area contributed by atoms with Gasteiger partial charge in [0.2, 0.25) is 0 Å². The van der Waals surface area contributed by atoms with Crippen molar-refractivity contribution in [1.82, 2.24) is 4.90 Å². The van der Waals surface area contributed by atoms with Gasteiger partial charge in [0, 0.05) is 18.7 Å². The third-order valence-electron chi connectivity index (χ3n) is 4.37. The molecule has 0 saturated heterocycles. The smallest absolute Gasteiger partial charge is 0.176 e. The van der Waals surface area contributed by atoms with Gasteiger partial charge in [-0.1, -0.05) is 24.3 Å². The Bertz CT molecular complexity index is 709. The van der Waals surface area contributed by atoms with Crippen LogP contribution in [0.4, 0.5) is 0 Å². The van der Waals surface area contributed by atoms with E-state index in [1.54, 1.807) is 0 Å². The lowest BCUT2D eigenvalue weighted by molar-refractivity contribution is 0.0921. The molecule has 0 fully saturated rings. The van der Waals surface area contributed by atoms with Crippen molar-refractivity contribution in [3.8, 4) is 5.75 Å². The zero-order chi connectivity index (χ0) is 16.2. The molecule has 0 radical (unpaired) electrons. The summed E-state index contributed by atoms with van der Waals surface area (Å²) in [5.41, 5.74) is 4.54. The fraction of sp³-hybridized carbons (Fsp3) is 0.350. The molecule has 0 atom stereocenters. The van der Waals surface area contributed by atoms with E-state index in [9.17, 15) is 4.79 Å². The molecule has 0 unspecified atom stereocenters.